The van der Waals surface area contributed by atoms with Crippen molar-refractivity contribution in [1.82, 2.24) is 10.2 Å². The van der Waals surface area contributed by atoms with Crippen molar-refractivity contribution in [3.63, 3.8) is 0 Å². The van der Waals surface area contributed by atoms with Crippen molar-refractivity contribution < 1.29 is 9.90 Å². The lowest BCUT2D eigenvalue weighted by Gasteiger charge is -2.34. The van der Waals surface area contributed by atoms with Gasteiger partial charge in [0.15, 0.2) is 0 Å². The predicted molar refractivity (Wildman–Crippen MR) is 66.6 cm³/mol. The summed E-state index contributed by atoms with van der Waals surface area (Å²) < 4.78 is 0. The van der Waals surface area contributed by atoms with Gasteiger partial charge in [0.05, 0.1) is 0 Å². The third kappa shape index (κ3) is 2.87. The molecule has 2 fully saturated rings. The summed E-state index contributed by atoms with van der Waals surface area (Å²) in [4.78, 5) is 14.2. The molecule has 1 unspecified atom stereocenters. The molecular formula is C13H22N2O2. The zero-order valence-electron chi connectivity index (χ0n) is 10.5. The Bertz CT molecular complexity index is 317. The second-order valence-corrected chi connectivity index (χ2v) is 5.10. The van der Waals surface area contributed by atoms with E-state index in [1.165, 1.54) is 5.57 Å². The Kier molecular flexibility index (Phi) is 4.18. The third-order valence-electron chi connectivity index (χ3n) is 3.87. The maximum atomic E-state index is 12.3. The van der Waals surface area contributed by atoms with Gasteiger partial charge >= 0.3 is 0 Å². The summed E-state index contributed by atoms with van der Waals surface area (Å²) >= 11 is 0. The number of rotatable bonds is 3. The zero-order chi connectivity index (χ0) is 12.3. The second-order valence-electron chi connectivity index (χ2n) is 5.10. The van der Waals surface area contributed by atoms with E-state index in [4.69, 9.17) is 5.11 Å². The predicted octanol–water partition coefficient (Wildman–Crippen LogP) is 0.527. The Morgan fingerprint density at radius 1 is 1.53 bits per heavy atom. The average Bonchev–Trinajstić information content (AvgIpc) is 2.26. The molecule has 2 N–H and O–H groups in total. The molecule has 2 saturated heterocycles. The first-order valence-corrected chi connectivity index (χ1v) is 6.52. The van der Waals surface area contributed by atoms with E-state index in [9.17, 15) is 4.79 Å². The van der Waals surface area contributed by atoms with E-state index in [0.29, 0.717) is 5.92 Å². The number of aliphatic hydroxyl groups excluding tert-OH is 1. The largest absolute Gasteiger partial charge is 0.396 e. The summed E-state index contributed by atoms with van der Waals surface area (Å²) in [5.41, 5.74) is 2.17. The SMILES string of the molecule is CC(C(=O)N1CCCC(CCO)C1)=C1CNC1. The van der Waals surface area contributed by atoms with Crippen LogP contribution in [0.3, 0.4) is 0 Å². The highest BCUT2D eigenvalue weighted by Crippen LogP contribution is 2.21. The molecule has 4 heteroatoms. The van der Waals surface area contributed by atoms with Crippen molar-refractivity contribution in [2.75, 3.05) is 32.8 Å². The standard InChI is InChI=1S/C13H22N2O2/c1-10(12-7-14-8-12)13(17)15-5-2-3-11(9-15)4-6-16/h11,14,16H,2-9H2,1H3. The van der Waals surface area contributed by atoms with Crippen LogP contribution in [0.15, 0.2) is 11.1 Å². The first-order valence-electron chi connectivity index (χ1n) is 6.52. The number of amides is 1. The van der Waals surface area contributed by atoms with E-state index >= 15 is 0 Å². The van der Waals surface area contributed by atoms with Gasteiger partial charge in [-0.05, 0) is 37.7 Å². The molecule has 0 aromatic carbocycles. The number of piperidine rings is 1. The Hall–Kier alpha value is -0.870. The van der Waals surface area contributed by atoms with Crippen molar-refractivity contribution in [2.45, 2.75) is 26.2 Å². The number of nitrogens with one attached hydrogen (secondary N) is 1. The molecule has 2 heterocycles. The van der Waals surface area contributed by atoms with Crippen molar-refractivity contribution in [1.29, 1.82) is 0 Å². The van der Waals surface area contributed by atoms with Gasteiger partial charge in [-0.2, -0.15) is 0 Å². The summed E-state index contributed by atoms with van der Waals surface area (Å²) in [6.07, 6.45) is 3.03. The first kappa shape index (κ1) is 12.6. The van der Waals surface area contributed by atoms with Gasteiger partial charge in [-0.1, -0.05) is 0 Å². The van der Waals surface area contributed by atoms with Gasteiger partial charge in [0.25, 0.3) is 0 Å². The number of nitrogens with zero attached hydrogens (tertiary/aromatic N) is 1. The molecule has 0 radical (unpaired) electrons. The maximum absolute atomic E-state index is 12.3. The van der Waals surface area contributed by atoms with Crippen LogP contribution >= 0.6 is 0 Å². The maximum Gasteiger partial charge on any atom is 0.249 e. The molecule has 1 atom stereocenters. The van der Waals surface area contributed by atoms with E-state index in [1.54, 1.807) is 0 Å². The summed E-state index contributed by atoms with van der Waals surface area (Å²) in [5.74, 6) is 0.680. The number of hydrogen-bond acceptors (Lipinski definition) is 3. The molecule has 1 amide bonds. The highest BCUT2D eigenvalue weighted by atomic mass is 16.3. The molecule has 0 aromatic heterocycles. The molecule has 17 heavy (non-hydrogen) atoms. The lowest BCUT2D eigenvalue weighted by molar-refractivity contribution is -0.129. The Morgan fingerprint density at radius 2 is 2.29 bits per heavy atom. The Labute approximate surface area is 103 Å². The van der Waals surface area contributed by atoms with Crippen LogP contribution in [-0.2, 0) is 4.79 Å². The normalized spacial score (nSPS) is 24.5. The van der Waals surface area contributed by atoms with E-state index < -0.39 is 0 Å². The smallest absolute Gasteiger partial charge is 0.249 e. The van der Waals surface area contributed by atoms with Gasteiger partial charge in [0.1, 0.15) is 0 Å². The molecule has 0 aromatic rings. The van der Waals surface area contributed by atoms with E-state index in [-0.39, 0.29) is 12.5 Å². The zero-order valence-corrected chi connectivity index (χ0v) is 10.5. The van der Waals surface area contributed by atoms with Crippen LogP contribution in [-0.4, -0.2) is 48.7 Å². The van der Waals surface area contributed by atoms with Crippen LogP contribution in [0.4, 0.5) is 0 Å². The van der Waals surface area contributed by atoms with Crippen LogP contribution < -0.4 is 5.32 Å². The highest BCUT2D eigenvalue weighted by Gasteiger charge is 2.26. The number of carbonyl (C=O) groups is 1. The number of carbonyl (C=O) groups excluding carboxylic acids is 1. The lowest BCUT2D eigenvalue weighted by atomic mass is 9.94. The van der Waals surface area contributed by atoms with Crippen LogP contribution in [0, 0.1) is 5.92 Å². The summed E-state index contributed by atoms with van der Waals surface area (Å²) in [7, 11) is 0. The van der Waals surface area contributed by atoms with E-state index in [2.05, 4.69) is 5.32 Å². The summed E-state index contributed by atoms with van der Waals surface area (Å²) in [6, 6.07) is 0. The molecule has 4 nitrogen and oxygen atoms in total. The monoisotopic (exact) mass is 238 g/mol. The van der Waals surface area contributed by atoms with Crippen LogP contribution in [0.5, 0.6) is 0 Å². The minimum absolute atomic E-state index is 0.198. The summed E-state index contributed by atoms with van der Waals surface area (Å²) in [5, 5.41) is 12.1. The van der Waals surface area contributed by atoms with Crippen molar-refractivity contribution in [3.8, 4) is 0 Å². The van der Waals surface area contributed by atoms with Gasteiger partial charge in [-0.25, -0.2) is 0 Å². The third-order valence-corrected chi connectivity index (χ3v) is 3.87. The van der Waals surface area contributed by atoms with Crippen LogP contribution in [0.25, 0.3) is 0 Å². The van der Waals surface area contributed by atoms with Crippen molar-refractivity contribution in [3.05, 3.63) is 11.1 Å². The average molecular weight is 238 g/mol. The first-order chi connectivity index (χ1) is 8.22. The quantitative estimate of drug-likeness (QED) is 0.705. The number of likely N-dealkylation sites (tertiary alicyclic amines) is 1. The molecular weight excluding hydrogens is 216 g/mol. The molecule has 96 valence electrons. The molecule has 2 rings (SSSR count). The molecule has 2 aliphatic rings. The molecule has 0 saturated carbocycles. The van der Waals surface area contributed by atoms with Crippen molar-refractivity contribution >= 4 is 5.91 Å². The fourth-order valence-corrected chi connectivity index (χ4v) is 2.57. The van der Waals surface area contributed by atoms with Gasteiger partial charge < -0.3 is 15.3 Å². The highest BCUT2D eigenvalue weighted by molar-refractivity contribution is 5.94. The lowest BCUT2D eigenvalue weighted by Crippen LogP contribution is -2.43. The molecule has 2 aliphatic heterocycles. The summed E-state index contributed by atoms with van der Waals surface area (Å²) in [6.45, 7) is 5.60. The van der Waals surface area contributed by atoms with Crippen LogP contribution in [0.2, 0.25) is 0 Å². The minimum atomic E-state index is 0.198. The molecule has 0 aliphatic carbocycles. The van der Waals surface area contributed by atoms with Gasteiger partial charge in [-0.15, -0.1) is 0 Å². The Balaban J connectivity index is 1.94. The van der Waals surface area contributed by atoms with Gasteiger partial charge in [0.2, 0.25) is 5.91 Å². The van der Waals surface area contributed by atoms with E-state index in [1.807, 2.05) is 11.8 Å². The van der Waals surface area contributed by atoms with E-state index in [0.717, 1.165) is 51.0 Å². The number of aliphatic hydroxyl groups is 1. The minimum Gasteiger partial charge on any atom is -0.396 e. The second kappa shape index (κ2) is 5.65. The molecule has 0 spiro atoms. The Morgan fingerprint density at radius 3 is 2.88 bits per heavy atom. The van der Waals surface area contributed by atoms with Crippen molar-refractivity contribution in [2.24, 2.45) is 5.92 Å². The van der Waals surface area contributed by atoms with Gasteiger partial charge in [-0.3, -0.25) is 4.79 Å². The van der Waals surface area contributed by atoms with Crippen LogP contribution in [0.1, 0.15) is 26.2 Å². The number of hydrogen-bond donors (Lipinski definition) is 2. The topological polar surface area (TPSA) is 52.6 Å². The fraction of sp³-hybridized carbons (Fsp3) is 0.769. The van der Waals surface area contributed by atoms with Gasteiger partial charge in [0, 0.05) is 38.4 Å². The fourth-order valence-electron chi connectivity index (χ4n) is 2.57. The molecule has 0 bridgehead atoms.